The number of nitrogens with zero attached hydrogens (tertiary/aromatic N) is 1. The molecule has 0 aliphatic rings. The van der Waals surface area contributed by atoms with Gasteiger partial charge in [-0.05, 0) is 25.0 Å². The maximum absolute atomic E-state index is 11.7. The predicted molar refractivity (Wildman–Crippen MR) is 60.6 cm³/mol. The molecule has 4 nitrogen and oxygen atoms in total. The number of hydrogen-bond acceptors (Lipinski definition) is 3. The van der Waals surface area contributed by atoms with Crippen LogP contribution < -0.4 is 11.1 Å². The molecule has 1 heterocycles. The van der Waals surface area contributed by atoms with Crippen molar-refractivity contribution in [2.24, 2.45) is 5.92 Å². The molecule has 1 aromatic heterocycles. The van der Waals surface area contributed by atoms with Crippen LogP contribution in [0.25, 0.3) is 0 Å². The molecule has 3 N–H and O–H groups in total. The van der Waals surface area contributed by atoms with Gasteiger partial charge in [0.05, 0.1) is 0 Å². The predicted octanol–water partition coefficient (Wildman–Crippen LogP) is 1.36. The van der Waals surface area contributed by atoms with Crippen LogP contribution in [-0.2, 0) is 0 Å². The van der Waals surface area contributed by atoms with Gasteiger partial charge in [-0.25, -0.2) is 4.98 Å². The molecule has 0 saturated carbocycles. The quantitative estimate of drug-likeness (QED) is 0.786. The lowest BCUT2D eigenvalue weighted by Gasteiger charge is -2.08. The number of aromatic nitrogens is 1. The number of amides is 1. The molecule has 82 valence electrons. The Morgan fingerprint density at radius 3 is 2.73 bits per heavy atom. The average Bonchev–Trinajstić information content (AvgIpc) is 2.12. The second kappa shape index (κ2) is 4.77. The third-order valence-corrected chi connectivity index (χ3v) is 1.91. The van der Waals surface area contributed by atoms with Crippen molar-refractivity contribution < 1.29 is 4.79 Å². The minimum atomic E-state index is -0.0964. The van der Waals surface area contributed by atoms with Crippen LogP contribution in [0.4, 0.5) is 5.82 Å². The van der Waals surface area contributed by atoms with Gasteiger partial charge in [-0.15, -0.1) is 0 Å². The van der Waals surface area contributed by atoms with Gasteiger partial charge in [0.25, 0.3) is 5.91 Å². The van der Waals surface area contributed by atoms with Crippen LogP contribution >= 0.6 is 0 Å². The molecule has 4 heteroatoms. The molecule has 0 aliphatic heterocycles. The fraction of sp³-hybridized carbons (Fsp3) is 0.455. The first-order valence-corrected chi connectivity index (χ1v) is 5.01. The summed E-state index contributed by atoms with van der Waals surface area (Å²) < 4.78 is 0. The van der Waals surface area contributed by atoms with Gasteiger partial charge >= 0.3 is 0 Å². The van der Waals surface area contributed by atoms with Crippen molar-refractivity contribution in [3.63, 3.8) is 0 Å². The van der Waals surface area contributed by atoms with E-state index < -0.39 is 0 Å². The monoisotopic (exact) mass is 207 g/mol. The largest absolute Gasteiger partial charge is 0.384 e. The molecule has 1 aromatic rings. The molecule has 0 saturated heterocycles. The Labute approximate surface area is 89.9 Å². The Bertz CT molecular complexity index is 341. The van der Waals surface area contributed by atoms with Crippen molar-refractivity contribution >= 4 is 11.7 Å². The molecule has 0 fully saturated rings. The number of carbonyl (C=O) groups is 1. The van der Waals surface area contributed by atoms with Crippen molar-refractivity contribution in [1.29, 1.82) is 0 Å². The first-order valence-electron chi connectivity index (χ1n) is 5.01. The topological polar surface area (TPSA) is 68.0 Å². The Balaban J connectivity index is 2.73. The summed E-state index contributed by atoms with van der Waals surface area (Å²) >= 11 is 0. The number of hydrogen-bond donors (Lipinski definition) is 2. The fourth-order valence-electron chi connectivity index (χ4n) is 1.22. The molecule has 1 rings (SSSR count). The Morgan fingerprint density at radius 2 is 2.20 bits per heavy atom. The van der Waals surface area contributed by atoms with Crippen molar-refractivity contribution in [1.82, 2.24) is 10.3 Å². The Kier molecular flexibility index (Phi) is 3.66. The number of rotatable bonds is 3. The molecule has 15 heavy (non-hydrogen) atoms. The summed E-state index contributed by atoms with van der Waals surface area (Å²) in [5.74, 6) is 0.722. The van der Waals surface area contributed by atoms with Crippen molar-refractivity contribution in [3.05, 3.63) is 23.4 Å². The summed E-state index contributed by atoms with van der Waals surface area (Å²) in [5.41, 5.74) is 6.89. The van der Waals surface area contributed by atoms with E-state index in [1.807, 2.05) is 20.8 Å². The van der Waals surface area contributed by atoms with Crippen LogP contribution in [0.2, 0.25) is 0 Å². The second-order valence-electron chi connectivity index (χ2n) is 4.03. The van der Waals surface area contributed by atoms with E-state index >= 15 is 0 Å². The molecule has 0 radical (unpaired) electrons. The standard InChI is InChI=1S/C11H17N3O/c1-7(2)6-13-11(15)9-4-8(3)14-10(12)5-9/h4-5,7H,6H2,1-3H3,(H2,12,14)(H,13,15). The lowest BCUT2D eigenvalue weighted by Crippen LogP contribution is -2.27. The van der Waals surface area contributed by atoms with Gasteiger partial charge in [0.15, 0.2) is 0 Å². The van der Waals surface area contributed by atoms with E-state index in [0.717, 1.165) is 5.69 Å². The molecule has 0 unspecified atom stereocenters. The zero-order valence-corrected chi connectivity index (χ0v) is 9.37. The molecular formula is C11H17N3O. The van der Waals surface area contributed by atoms with E-state index in [1.165, 1.54) is 0 Å². The SMILES string of the molecule is Cc1cc(C(=O)NCC(C)C)cc(N)n1. The highest BCUT2D eigenvalue weighted by molar-refractivity contribution is 5.94. The summed E-state index contributed by atoms with van der Waals surface area (Å²) in [6.45, 7) is 6.58. The zero-order valence-electron chi connectivity index (χ0n) is 9.37. The van der Waals surface area contributed by atoms with Gasteiger partial charge < -0.3 is 11.1 Å². The molecule has 1 amide bonds. The van der Waals surface area contributed by atoms with Crippen LogP contribution in [-0.4, -0.2) is 17.4 Å². The zero-order chi connectivity index (χ0) is 11.4. The van der Waals surface area contributed by atoms with Crippen LogP contribution in [0.15, 0.2) is 12.1 Å². The number of aryl methyl sites for hydroxylation is 1. The third-order valence-electron chi connectivity index (χ3n) is 1.91. The fourth-order valence-corrected chi connectivity index (χ4v) is 1.22. The average molecular weight is 207 g/mol. The third kappa shape index (κ3) is 3.58. The van der Waals surface area contributed by atoms with Crippen molar-refractivity contribution in [2.45, 2.75) is 20.8 Å². The number of anilines is 1. The van der Waals surface area contributed by atoms with Crippen LogP contribution in [0.5, 0.6) is 0 Å². The highest BCUT2D eigenvalue weighted by Gasteiger charge is 2.07. The second-order valence-corrected chi connectivity index (χ2v) is 4.03. The van der Waals surface area contributed by atoms with Crippen LogP contribution in [0, 0.1) is 12.8 Å². The smallest absolute Gasteiger partial charge is 0.251 e. The van der Waals surface area contributed by atoms with E-state index in [-0.39, 0.29) is 5.91 Å². The minimum absolute atomic E-state index is 0.0964. The maximum atomic E-state index is 11.7. The van der Waals surface area contributed by atoms with E-state index in [4.69, 9.17) is 5.73 Å². The number of nitrogens with one attached hydrogen (secondary N) is 1. The van der Waals surface area contributed by atoms with E-state index in [0.29, 0.717) is 23.8 Å². The van der Waals surface area contributed by atoms with Gasteiger partial charge in [0.2, 0.25) is 0 Å². The Morgan fingerprint density at radius 1 is 1.53 bits per heavy atom. The van der Waals surface area contributed by atoms with Crippen LogP contribution in [0.1, 0.15) is 29.9 Å². The number of pyridine rings is 1. The molecule has 0 atom stereocenters. The first kappa shape index (κ1) is 11.5. The van der Waals surface area contributed by atoms with Gasteiger partial charge in [0.1, 0.15) is 5.82 Å². The van der Waals surface area contributed by atoms with Crippen LogP contribution in [0.3, 0.4) is 0 Å². The van der Waals surface area contributed by atoms with Gasteiger partial charge in [-0.3, -0.25) is 4.79 Å². The van der Waals surface area contributed by atoms with Gasteiger partial charge in [-0.1, -0.05) is 13.8 Å². The van der Waals surface area contributed by atoms with E-state index in [9.17, 15) is 4.79 Å². The minimum Gasteiger partial charge on any atom is -0.384 e. The first-order chi connectivity index (χ1) is 6.99. The normalized spacial score (nSPS) is 10.4. The lowest BCUT2D eigenvalue weighted by molar-refractivity contribution is 0.0949. The number of carbonyl (C=O) groups excluding carboxylic acids is 1. The molecular weight excluding hydrogens is 190 g/mol. The van der Waals surface area contributed by atoms with E-state index in [2.05, 4.69) is 10.3 Å². The van der Waals surface area contributed by atoms with Crippen molar-refractivity contribution in [2.75, 3.05) is 12.3 Å². The summed E-state index contributed by atoms with van der Waals surface area (Å²) in [6, 6.07) is 3.31. The van der Waals surface area contributed by atoms with E-state index in [1.54, 1.807) is 12.1 Å². The summed E-state index contributed by atoms with van der Waals surface area (Å²) in [4.78, 5) is 15.7. The molecule has 0 spiro atoms. The summed E-state index contributed by atoms with van der Waals surface area (Å²) in [6.07, 6.45) is 0. The summed E-state index contributed by atoms with van der Waals surface area (Å²) in [7, 11) is 0. The summed E-state index contributed by atoms with van der Waals surface area (Å²) in [5, 5.41) is 2.83. The Hall–Kier alpha value is -1.58. The van der Waals surface area contributed by atoms with Gasteiger partial charge in [0, 0.05) is 17.8 Å². The maximum Gasteiger partial charge on any atom is 0.251 e. The highest BCUT2D eigenvalue weighted by atomic mass is 16.1. The molecule has 0 bridgehead atoms. The lowest BCUT2D eigenvalue weighted by atomic mass is 10.2. The molecule has 0 aliphatic carbocycles. The van der Waals surface area contributed by atoms with Crippen molar-refractivity contribution in [3.8, 4) is 0 Å². The highest BCUT2D eigenvalue weighted by Crippen LogP contribution is 2.06. The number of nitrogen functional groups attached to an aromatic ring is 1. The van der Waals surface area contributed by atoms with Gasteiger partial charge in [-0.2, -0.15) is 0 Å². The molecule has 0 aromatic carbocycles. The number of nitrogens with two attached hydrogens (primary N) is 1.